The average molecular weight is 189 g/mol. The van der Waals surface area contributed by atoms with E-state index in [0.29, 0.717) is 11.3 Å². The molecule has 1 N–H and O–H groups in total. The summed E-state index contributed by atoms with van der Waals surface area (Å²) >= 11 is 0. The third kappa shape index (κ3) is 1.82. The highest BCUT2D eigenvalue weighted by atomic mass is 16.2. The van der Waals surface area contributed by atoms with E-state index in [0.717, 1.165) is 19.1 Å². The minimum Gasteiger partial charge on any atom is -0.325 e. The average Bonchev–Trinajstić information content (AvgIpc) is 3.02. The van der Waals surface area contributed by atoms with Gasteiger partial charge in [-0.1, -0.05) is 12.1 Å². The van der Waals surface area contributed by atoms with E-state index in [1.54, 1.807) is 24.3 Å². The van der Waals surface area contributed by atoms with Gasteiger partial charge in [-0.2, -0.15) is 0 Å². The van der Waals surface area contributed by atoms with Crippen LogP contribution in [0.1, 0.15) is 23.2 Å². The molecule has 0 aromatic heterocycles. The lowest BCUT2D eigenvalue weighted by Gasteiger charge is -2.05. The van der Waals surface area contributed by atoms with Gasteiger partial charge in [0.1, 0.15) is 0 Å². The Kier molecular flexibility index (Phi) is 2.31. The van der Waals surface area contributed by atoms with Crippen LogP contribution in [0.15, 0.2) is 24.3 Å². The van der Waals surface area contributed by atoms with Gasteiger partial charge in [0.15, 0.2) is 6.29 Å². The summed E-state index contributed by atoms with van der Waals surface area (Å²) in [6.07, 6.45) is 2.69. The lowest BCUT2D eigenvalue weighted by molar-refractivity contribution is -0.117. The number of nitrogens with one attached hydrogen (secondary N) is 1. The molecule has 0 bridgehead atoms. The highest BCUT2D eigenvalue weighted by Crippen LogP contribution is 2.30. The third-order valence-corrected chi connectivity index (χ3v) is 2.29. The molecule has 1 aromatic rings. The van der Waals surface area contributed by atoms with Crippen LogP contribution in [-0.4, -0.2) is 12.2 Å². The van der Waals surface area contributed by atoms with Crippen LogP contribution < -0.4 is 5.32 Å². The summed E-state index contributed by atoms with van der Waals surface area (Å²) in [5.74, 6) is 0.189. The number of anilines is 1. The predicted octanol–water partition coefficient (Wildman–Crippen LogP) is 1.85. The number of aldehydes is 1. The second kappa shape index (κ2) is 3.62. The van der Waals surface area contributed by atoms with Crippen LogP contribution >= 0.6 is 0 Å². The molecule has 0 heterocycles. The zero-order chi connectivity index (χ0) is 9.97. The van der Waals surface area contributed by atoms with Crippen molar-refractivity contribution in [3.63, 3.8) is 0 Å². The molecule has 3 heteroatoms. The summed E-state index contributed by atoms with van der Waals surface area (Å²) in [5.41, 5.74) is 1.14. The number of carbonyl (C=O) groups is 2. The number of para-hydroxylation sites is 1. The van der Waals surface area contributed by atoms with Crippen LogP contribution in [0.5, 0.6) is 0 Å². The molecule has 1 saturated carbocycles. The van der Waals surface area contributed by atoms with Gasteiger partial charge in [0.05, 0.1) is 5.69 Å². The maximum Gasteiger partial charge on any atom is 0.227 e. The Hall–Kier alpha value is -1.64. The van der Waals surface area contributed by atoms with Gasteiger partial charge in [0.2, 0.25) is 5.91 Å². The van der Waals surface area contributed by atoms with Crippen molar-refractivity contribution in [2.45, 2.75) is 12.8 Å². The number of amides is 1. The Labute approximate surface area is 82.1 Å². The van der Waals surface area contributed by atoms with Gasteiger partial charge < -0.3 is 5.32 Å². The molecule has 0 aliphatic heterocycles. The van der Waals surface area contributed by atoms with E-state index in [9.17, 15) is 9.59 Å². The van der Waals surface area contributed by atoms with Gasteiger partial charge in [-0.25, -0.2) is 0 Å². The fraction of sp³-hybridized carbons (Fsp3) is 0.273. The van der Waals surface area contributed by atoms with E-state index in [1.807, 2.05) is 0 Å². The molecule has 72 valence electrons. The monoisotopic (exact) mass is 189 g/mol. The van der Waals surface area contributed by atoms with Crippen LogP contribution in [-0.2, 0) is 4.79 Å². The van der Waals surface area contributed by atoms with E-state index in [4.69, 9.17) is 0 Å². The van der Waals surface area contributed by atoms with Crippen molar-refractivity contribution in [2.75, 3.05) is 5.32 Å². The van der Waals surface area contributed by atoms with Gasteiger partial charge in [0, 0.05) is 11.5 Å². The standard InChI is InChI=1S/C11H11NO2/c13-7-9-3-1-2-4-10(9)12-11(14)8-5-6-8/h1-4,7-8H,5-6H2,(H,12,14). The van der Waals surface area contributed by atoms with Crippen molar-refractivity contribution >= 4 is 17.9 Å². The molecule has 3 nitrogen and oxygen atoms in total. The highest BCUT2D eigenvalue weighted by Gasteiger charge is 2.29. The summed E-state index contributed by atoms with van der Waals surface area (Å²) in [5, 5.41) is 2.75. The van der Waals surface area contributed by atoms with E-state index in [2.05, 4.69) is 5.32 Å². The lowest BCUT2D eigenvalue weighted by atomic mass is 10.2. The molecule has 1 fully saturated rings. The fourth-order valence-corrected chi connectivity index (χ4v) is 1.29. The van der Waals surface area contributed by atoms with Gasteiger partial charge in [-0.05, 0) is 25.0 Å². The normalized spacial score (nSPS) is 14.9. The topological polar surface area (TPSA) is 46.2 Å². The first kappa shape index (κ1) is 8.94. The van der Waals surface area contributed by atoms with Crippen molar-refractivity contribution in [2.24, 2.45) is 5.92 Å². The Bertz CT molecular complexity index is 369. The third-order valence-electron chi connectivity index (χ3n) is 2.29. The van der Waals surface area contributed by atoms with Crippen molar-refractivity contribution in [3.8, 4) is 0 Å². The molecular formula is C11H11NO2. The summed E-state index contributed by atoms with van der Waals surface area (Å²) in [7, 11) is 0. The molecule has 0 saturated heterocycles. The van der Waals surface area contributed by atoms with Gasteiger partial charge in [-0.15, -0.1) is 0 Å². The Balaban J connectivity index is 2.14. The maximum absolute atomic E-state index is 11.4. The molecule has 0 atom stereocenters. The van der Waals surface area contributed by atoms with E-state index in [1.165, 1.54) is 0 Å². The molecule has 0 unspecified atom stereocenters. The molecule has 0 radical (unpaired) electrons. The Morgan fingerprint density at radius 2 is 2.07 bits per heavy atom. The van der Waals surface area contributed by atoms with E-state index >= 15 is 0 Å². The summed E-state index contributed by atoms with van der Waals surface area (Å²) in [6, 6.07) is 7.01. The lowest BCUT2D eigenvalue weighted by Crippen LogP contribution is -2.14. The van der Waals surface area contributed by atoms with Crippen LogP contribution in [0.4, 0.5) is 5.69 Å². The molecule has 1 amide bonds. The quantitative estimate of drug-likeness (QED) is 0.737. The highest BCUT2D eigenvalue weighted by molar-refractivity contribution is 5.98. The zero-order valence-corrected chi connectivity index (χ0v) is 7.69. The summed E-state index contributed by atoms with van der Waals surface area (Å²) in [4.78, 5) is 22.1. The molecule has 0 spiro atoms. The van der Waals surface area contributed by atoms with Crippen LogP contribution in [0.2, 0.25) is 0 Å². The second-order valence-corrected chi connectivity index (χ2v) is 3.47. The fourth-order valence-electron chi connectivity index (χ4n) is 1.29. The summed E-state index contributed by atoms with van der Waals surface area (Å²) < 4.78 is 0. The molecule has 1 aliphatic rings. The van der Waals surface area contributed by atoms with Crippen LogP contribution in [0.25, 0.3) is 0 Å². The van der Waals surface area contributed by atoms with E-state index in [-0.39, 0.29) is 11.8 Å². The van der Waals surface area contributed by atoms with Crippen molar-refractivity contribution in [1.82, 2.24) is 0 Å². The SMILES string of the molecule is O=Cc1ccccc1NC(=O)C1CC1. The van der Waals surface area contributed by atoms with Gasteiger partial charge in [0.25, 0.3) is 0 Å². The molecule has 2 rings (SSSR count). The number of benzene rings is 1. The number of hydrogen-bond acceptors (Lipinski definition) is 2. The van der Waals surface area contributed by atoms with Crippen molar-refractivity contribution in [3.05, 3.63) is 29.8 Å². The largest absolute Gasteiger partial charge is 0.325 e. The van der Waals surface area contributed by atoms with Crippen molar-refractivity contribution < 1.29 is 9.59 Å². The first-order valence-electron chi connectivity index (χ1n) is 4.66. The smallest absolute Gasteiger partial charge is 0.227 e. The zero-order valence-electron chi connectivity index (χ0n) is 7.69. The number of hydrogen-bond donors (Lipinski definition) is 1. The minimum atomic E-state index is 0.0271. The van der Waals surface area contributed by atoms with Crippen LogP contribution in [0.3, 0.4) is 0 Å². The van der Waals surface area contributed by atoms with Crippen molar-refractivity contribution in [1.29, 1.82) is 0 Å². The molecule has 14 heavy (non-hydrogen) atoms. The first-order valence-corrected chi connectivity index (χ1v) is 4.66. The number of rotatable bonds is 3. The Morgan fingerprint density at radius 1 is 1.36 bits per heavy atom. The molecule has 1 aliphatic carbocycles. The predicted molar refractivity (Wildman–Crippen MR) is 53.2 cm³/mol. The number of carbonyl (C=O) groups excluding carboxylic acids is 2. The van der Waals surface area contributed by atoms with Gasteiger partial charge in [-0.3, -0.25) is 9.59 Å². The van der Waals surface area contributed by atoms with E-state index < -0.39 is 0 Å². The summed E-state index contributed by atoms with van der Waals surface area (Å²) in [6.45, 7) is 0. The Morgan fingerprint density at radius 3 is 2.71 bits per heavy atom. The van der Waals surface area contributed by atoms with Gasteiger partial charge >= 0.3 is 0 Å². The molecular weight excluding hydrogens is 178 g/mol. The second-order valence-electron chi connectivity index (χ2n) is 3.47. The minimum absolute atomic E-state index is 0.0271. The van der Waals surface area contributed by atoms with Crippen LogP contribution in [0, 0.1) is 5.92 Å². The molecule has 1 aromatic carbocycles. The maximum atomic E-state index is 11.4. The first-order chi connectivity index (χ1) is 6.81.